The molecule has 5 nitrogen and oxygen atoms in total. The van der Waals surface area contributed by atoms with Crippen molar-refractivity contribution in [1.29, 1.82) is 0 Å². The van der Waals surface area contributed by atoms with Gasteiger partial charge in [-0.05, 0) is 18.6 Å². The lowest BCUT2D eigenvalue weighted by atomic mass is 10.2. The van der Waals surface area contributed by atoms with E-state index in [-0.39, 0.29) is 29.5 Å². The van der Waals surface area contributed by atoms with Crippen molar-refractivity contribution in [2.24, 2.45) is 0 Å². The predicted molar refractivity (Wildman–Crippen MR) is 88.6 cm³/mol. The van der Waals surface area contributed by atoms with Gasteiger partial charge < -0.3 is 4.74 Å². The van der Waals surface area contributed by atoms with E-state index in [1.54, 1.807) is 10.3 Å². The molecule has 0 unspecified atom stereocenters. The molecule has 1 fully saturated rings. The van der Waals surface area contributed by atoms with Crippen molar-refractivity contribution in [3.8, 4) is 0 Å². The van der Waals surface area contributed by atoms with Gasteiger partial charge in [-0.1, -0.05) is 17.7 Å². The molecule has 2 heterocycles. The van der Waals surface area contributed by atoms with Gasteiger partial charge in [-0.15, -0.1) is 11.3 Å². The van der Waals surface area contributed by atoms with E-state index in [4.69, 9.17) is 16.3 Å². The SMILES string of the molecule is O=C(Cc1csc(N2CCCC2=O)n1)OCc1c(F)cccc1Cl. The molecule has 1 amide bonds. The smallest absolute Gasteiger partial charge is 0.312 e. The predicted octanol–water partition coefficient (Wildman–Crippen LogP) is 3.35. The maximum absolute atomic E-state index is 13.6. The summed E-state index contributed by atoms with van der Waals surface area (Å²) in [7, 11) is 0. The molecule has 0 spiro atoms. The number of esters is 1. The summed E-state index contributed by atoms with van der Waals surface area (Å²) in [5, 5.41) is 2.53. The van der Waals surface area contributed by atoms with Gasteiger partial charge in [0, 0.05) is 23.9 Å². The third-order valence-corrected chi connectivity index (χ3v) is 4.88. The van der Waals surface area contributed by atoms with Crippen molar-refractivity contribution in [3.63, 3.8) is 0 Å². The number of thiazole rings is 1. The van der Waals surface area contributed by atoms with Crippen molar-refractivity contribution in [1.82, 2.24) is 4.98 Å². The van der Waals surface area contributed by atoms with Crippen LogP contribution in [0.15, 0.2) is 23.6 Å². The summed E-state index contributed by atoms with van der Waals surface area (Å²) in [4.78, 5) is 29.5. The van der Waals surface area contributed by atoms with Gasteiger partial charge in [0.1, 0.15) is 12.4 Å². The van der Waals surface area contributed by atoms with Crippen LogP contribution in [0.25, 0.3) is 0 Å². The van der Waals surface area contributed by atoms with Crippen LogP contribution in [0.2, 0.25) is 5.02 Å². The Labute approximate surface area is 147 Å². The second-order valence-corrected chi connectivity index (χ2v) is 6.55. The van der Waals surface area contributed by atoms with E-state index in [1.165, 1.54) is 29.5 Å². The topological polar surface area (TPSA) is 59.5 Å². The molecule has 126 valence electrons. The Balaban J connectivity index is 1.57. The molecule has 8 heteroatoms. The minimum Gasteiger partial charge on any atom is -0.460 e. The van der Waals surface area contributed by atoms with Crippen LogP contribution in [0.4, 0.5) is 9.52 Å². The van der Waals surface area contributed by atoms with E-state index < -0.39 is 11.8 Å². The van der Waals surface area contributed by atoms with Crippen LogP contribution in [0.3, 0.4) is 0 Å². The minimum absolute atomic E-state index is 0.0371. The first-order valence-corrected chi connectivity index (χ1v) is 8.63. The molecular weight excluding hydrogens is 355 g/mol. The first-order valence-electron chi connectivity index (χ1n) is 7.38. The Kier molecular flexibility index (Phi) is 5.11. The maximum atomic E-state index is 13.6. The number of ether oxygens (including phenoxy) is 1. The fraction of sp³-hybridized carbons (Fsp3) is 0.312. The summed E-state index contributed by atoms with van der Waals surface area (Å²) >= 11 is 7.20. The Morgan fingerprint density at radius 1 is 1.46 bits per heavy atom. The molecule has 0 atom stereocenters. The highest BCUT2D eigenvalue weighted by molar-refractivity contribution is 7.14. The van der Waals surface area contributed by atoms with Crippen molar-refractivity contribution >= 4 is 39.9 Å². The first kappa shape index (κ1) is 16.9. The highest BCUT2D eigenvalue weighted by atomic mass is 35.5. The van der Waals surface area contributed by atoms with Gasteiger partial charge in [-0.2, -0.15) is 0 Å². The molecule has 24 heavy (non-hydrogen) atoms. The number of carbonyl (C=O) groups excluding carboxylic acids is 2. The lowest BCUT2D eigenvalue weighted by Crippen LogP contribution is -2.23. The van der Waals surface area contributed by atoms with Gasteiger partial charge in [0.2, 0.25) is 5.91 Å². The Morgan fingerprint density at radius 2 is 2.29 bits per heavy atom. The second kappa shape index (κ2) is 7.27. The summed E-state index contributed by atoms with van der Waals surface area (Å²) in [6.07, 6.45) is 1.31. The number of rotatable bonds is 5. The molecule has 0 aliphatic carbocycles. The van der Waals surface area contributed by atoms with Crippen molar-refractivity contribution < 1.29 is 18.7 Å². The number of halogens is 2. The number of anilines is 1. The van der Waals surface area contributed by atoms with Crippen LogP contribution in [-0.2, 0) is 27.4 Å². The molecule has 1 aromatic heterocycles. The van der Waals surface area contributed by atoms with Crippen LogP contribution in [0.5, 0.6) is 0 Å². The summed E-state index contributed by atoms with van der Waals surface area (Å²) < 4.78 is 18.7. The Bertz CT molecular complexity index is 760. The van der Waals surface area contributed by atoms with Gasteiger partial charge in [0.15, 0.2) is 5.13 Å². The molecule has 3 rings (SSSR count). The first-order chi connectivity index (χ1) is 11.5. The molecule has 1 aliphatic rings. The molecule has 1 aliphatic heterocycles. The molecule has 0 bridgehead atoms. The van der Waals surface area contributed by atoms with E-state index in [0.29, 0.717) is 23.8 Å². The summed E-state index contributed by atoms with van der Waals surface area (Å²) in [6, 6.07) is 4.28. The van der Waals surface area contributed by atoms with E-state index >= 15 is 0 Å². The maximum Gasteiger partial charge on any atom is 0.312 e. The largest absolute Gasteiger partial charge is 0.460 e. The fourth-order valence-electron chi connectivity index (χ4n) is 2.37. The van der Waals surface area contributed by atoms with E-state index in [0.717, 1.165) is 6.42 Å². The average Bonchev–Trinajstić information content (AvgIpc) is 3.15. The van der Waals surface area contributed by atoms with E-state index in [2.05, 4.69) is 4.98 Å². The molecule has 1 saturated heterocycles. The van der Waals surface area contributed by atoms with E-state index in [1.807, 2.05) is 0 Å². The lowest BCUT2D eigenvalue weighted by Gasteiger charge is -2.10. The van der Waals surface area contributed by atoms with Gasteiger partial charge in [0.25, 0.3) is 0 Å². The zero-order valence-corrected chi connectivity index (χ0v) is 14.2. The van der Waals surface area contributed by atoms with Crippen LogP contribution >= 0.6 is 22.9 Å². The highest BCUT2D eigenvalue weighted by Crippen LogP contribution is 2.25. The number of amides is 1. The number of carbonyl (C=O) groups is 2. The molecule has 0 saturated carbocycles. The average molecular weight is 369 g/mol. The third kappa shape index (κ3) is 3.73. The number of benzene rings is 1. The quantitative estimate of drug-likeness (QED) is 0.759. The normalized spacial score (nSPS) is 14.2. The Hall–Kier alpha value is -1.99. The van der Waals surface area contributed by atoms with Crippen LogP contribution in [0.1, 0.15) is 24.1 Å². The zero-order valence-electron chi connectivity index (χ0n) is 12.6. The van der Waals surface area contributed by atoms with Crippen molar-refractivity contribution in [2.75, 3.05) is 11.4 Å². The van der Waals surface area contributed by atoms with Gasteiger partial charge >= 0.3 is 5.97 Å². The highest BCUT2D eigenvalue weighted by Gasteiger charge is 2.24. The number of nitrogens with zero attached hydrogens (tertiary/aromatic N) is 2. The van der Waals surface area contributed by atoms with Crippen molar-refractivity contribution in [2.45, 2.75) is 25.9 Å². The molecule has 0 N–H and O–H groups in total. The fourth-order valence-corrected chi connectivity index (χ4v) is 3.46. The van der Waals surface area contributed by atoms with Crippen LogP contribution < -0.4 is 4.90 Å². The van der Waals surface area contributed by atoms with E-state index in [9.17, 15) is 14.0 Å². The second-order valence-electron chi connectivity index (χ2n) is 5.31. The summed E-state index contributed by atoms with van der Waals surface area (Å²) in [5.74, 6) is -0.995. The lowest BCUT2D eigenvalue weighted by molar-refractivity contribution is -0.144. The molecule has 0 radical (unpaired) electrons. The standard InChI is InChI=1S/C16H14ClFN2O3S/c17-12-3-1-4-13(18)11(12)8-23-15(22)7-10-9-24-16(19-10)20-6-2-5-14(20)21/h1,3-4,9H,2,5-8H2. The molecule has 1 aromatic carbocycles. The summed E-state index contributed by atoms with van der Waals surface area (Å²) in [5.41, 5.74) is 0.675. The monoisotopic (exact) mass is 368 g/mol. The summed E-state index contributed by atoms with van der Waals surface area (Å²) in [6.45, 7) is 0.425. The third-order valence-electron chi connectivity index (χ3n) is 3.61. The van der Waals surface area contributed by atoms with Gasteiger partial charge in [-0.3, -0.25) is 14.5 Å². The number of aromatic nitrogens is 1. The molecule has 2 aromatic rings. The van der Waals surface area contributed by atoms with Crippen LogP contribution in [-0.4, -0.2) is 23.4 Å². The zero-order chi connectivity index (χ0) is 17.1. The minimum atomic E-state index is -0.529. The van der Waals surface area contributed by atoms with Crippen molar-refractivity contribution in [3.05, 3.63) is 45.7 Å². The van der Waals surface area contributed by atoms with Crippen LogP contribution in [0, 0.1) is 5.82 Å². The number of hydrogen-bond acceptors (Lipinski definition) is 5. The van der Waals surface area contributed by atoms with Gasteiger partial charge in [0.05, 0.1) is 17.1 Å². The number of hydrogen-bond donors (Lipinski definition) is 0. The Morgan fingerprint density at radius 3 is 3.00 bits per heavy atom. The van der Waals surface area contributed by atoms with Gasteiger partial charge in [-0.25, -0.2) is 9.37 Å². The molecular formula is C16H14ClFN2O3S.